The SMILES string of the molecule is CCOC(=O)[C@H](CCc1ccccc1)N[C@@H](C)C(=O)N1Cc2ccccc2C[C@H]1C(=O)OCc1ccccc1. The second-order valence-corrected chi connectivity index (χ2v) is 9.77. The van der Waals surface area contributed by atoms with Crippen molar-refractivity contribution < 1.29 is 23.9 Å². The van der Waals surface area contributed by atoms with Crippen LogP contribution in [0.1, 0.15) is 42.5 Å². The molecule has 1 amide bonds. The number of hydrogen-bond acceptors (Lipinski definition) is 6. The van der Waals surface area contributed by atoms with Gasteiger partial charge in [-0.1, -0.05) is 84.9 Å². The van der Waals surface area contributed by atoms with Crippen molar-refractivity contribution >= 4 is 17.8 Å². The second kappa shape index (κ2) is 13.7. The summed E-state index contributed by atoms with van der Waals surface area (Å²) < 4.78 is 11.0. The lowest BCUT2D eigenvalue weighted by atomic mass is 9.93. The Balaban J connectivity index is 1.48. The van der Waals surface area contributed by atoms with Crippen molar-refractivity contribution in [2.75, 3.05) is 6.61 Å². The smallest absolute Gasteiger partial charge is 0.329 e. The molecule has 0 fully saturated rings. The van der Waals surface area contributed by atoms with E-state index in [1.165, 1.54) is 0 Å². The molecule has 3 aromatic carbocycles. The van der Waals surface area contributed by atoms with Gasteiger partial charge in [0.1, 0.15) is 18.7 Å². The van der Waals surface area contributed by atoms with E-state index < -0.39 is 30.1 Å². The molecule has 0 aliphatic carbocycles. The molecule has 0 spiro atoms. The molecule has 3 aromatic rings. The summed E-state index contributed by atoms with van der Waals surface area (Å²) in [6.07, 6.45) is 1.51. The highest BCUT2D eigenvalue weighted by molar-refractivity contribution is 5.89. The highest BCUT2D eigenvalue weighted by Crippen LogP contribution is 2.25. The van der Waals surface area contributed by atoms with E-state index in [1.54, 1.807) is 18.7 Å². The molecule has 3 atom stereocenters. The molecule has 0 bridgehead atoms. The normalized spacial score (nSPS) is 16.1. The van der Waals surface area contributed by atoms with E-state index in [4.69, 9.17) is 9.47 Å². The number of carbonyl (C=O) groups is 3. The molecule has 0 radical (unpaired) electrons. The average Bonchev–Trinajstić information content (AvgIpc) is 2.98. The molecule has 1 aliphatic rings. The number of esters is 2. The summed E-state index contributed by atoms with van der Waals surface area (Å²) in [7, 11) is 0. The van der Waals surface area contributed by atoms with Crippen molar-refractivity contribution in [1.82, 2.24) is 10.2 Å². The van der Waals surface area contributed by atoms with Gasteiger partial charge in [-0.15, -0.1) is 0 Å². The van der Waals surface area contributed by atoms with Crippen LogP contribution in [0, 0.1) is 0 Å². The first-order valence-electron chi connectivity index (χ1n) is 13.5. The molecule has 1 aliphatic heterocycles. The minimum atomic E-state index is -0.759. The summed E-state index contributed by atoms with van der Waals surface area (Å²) in [5.41, 5.74) is 4.00. The predicted molar refractivity (Wildman–Crippen MR) is 149 cm³/mol. The van der Waals surface area contributed by atoms with Crippen LogP contribution in [0.4, 0.5) is 0 Å². The number of ether oxygens (including phenoxy) is 2. The third-order valence-corrected chi connectivity index (χ3v) is 6.98. The maximum atomic E-state index is 13.8. The third-order valence-electron chi connectivity index (χ3n) is 6.98. The first-order chi connectivity index (χ1) is 19.0. The van der Waals surface area contributed by atoms with Crippen LogP contribution < -0.4 is 5.32 Å². The van der Waals surface area contributed by atoms with Crippen LogP contribution in [0.25, 0.3) is 0 Å². The Morgan fingerprint density at radius 2 is 1.49 bits per heavy atom. The van der Waals surface area contributed by atoms with Crippen LogP contribution in [0.5, 0.6) is 0 Å². The standard InChI is InChI=1S/C32H36N2O5/c1-3-38-31(36)28(19-18-24-12-6-4-7-13-24)33-23(2)30(35)34-21-27-17-11-10-16-26(27)20-29(34)32(37)39-22-25-14-8-5-9-15-25/h4-17,23,28-29,33H,3,18-22H2,1-2H3/t23-,28-,29-/m0/s1. The van der Waals surface area contributed by atoms with Gasteiger partial charge in [-0.3, -0.25) is 14.9 Å². The third kappa shape index (κ3) is 7.54. The summed E-state index contributed by atoms with van der Waals surface area (Å²) >= 11 is 0. The van der Waals surface area contributed by atoms with Gasteiger partial charge >= 0.3 is 11.9 Å². The number of fused-ring (bicyclic) bond motifs is 1. The quantitative estimate of drug-likeness (QED) is 0.375. The van der Waals surface area contributed by atoms with Crippen molar-refractivity contribution in [1.29, 1.82) is 0 Å². The van der Waals surface area contributed by atoms with E-state index in [1.807, 2.05) is 84.9 Å². The number of nitrogens with one attached hydrogen (secondary N) is 1. The van der Waals surface area contributed by atoms with Crippen molar-refractivity contribution in [2.45, 2.75) is 64.4 Å². The summed E-state index contributed by atoms with van der Waals surface area (Å²) in [6.45, 7) is 4.17. The van der Waals surface area contributed by atoms with Gasteiger partial charge in [-0.25, -0.2) is 4.79 Å². The number of hydrogen-bond donors (Lipinski definition) is 1. The van der Waals surface area contributed by atoms with Gasteiger partial charge in [-0.2, -0.15) is 0 Å². The molecule has 0 unspecified atom stereocenters. The number of rotatable bonds is 11. The fourth-order valence-corrected chi connectivity index (χ4v) is 4.88. The van der Waals surface area contributed by atoms with Gasteiger partial charge in [0, 0.05) is 13.0 Å². The molecule has 4 rings (SSSR count). The fourth-order valence-electron chi connectivity index (χ4n) is 4.88. The zero-order valence-electron chi connectivity index (χ0n) is 22.5. The first kappa shape index (κ1) is 28.0. The lowest BCUT2D eigenvalue weighted by Crippen LogP contribution is -2.56. The van der Waals surface area contributed by atoms with Crippen LogP contribution in [0.3, 0.4) is 0 Å². The Labute approximate surface area is 230 Å². The lowest BCUT2D eigenvalue weighted by Gasteiger charge is -2.37. The number of amides is 1. The Hall–Kier alpha value is -3.97. The fraction of sp³-hybridized carbons (Fsp3) is 0.344. The average molecular weight is 529 g/mol. The molecular formula is C32H36N2O5. The predicted octanol–water partition coefficient (Wildman–Crippen LogP) is 4.23. The van der Waals surface area contributed by atoms with Gasteiger partial charge in [0.2, 0.25) is 5.91 Å². The van der Waals surface area contributed by atoms with E-state index >= 15 is 0 Å². The molecule has 1 heterocycles. The summed E-state index contributed by atoms with van der Waals surface area (Å²) in [5.74, 6) is -1.10. The van der Waals surface area contributed by atoms with Gasteiger partial charge in [-0.05, 0) is 48.9 Å². The lowest BCUT2D eigenvalue weighted by molar-refractivity contribution is -0.158. The van der Waals surface area contributed by atoms with Gasteiger partial charge in [0.25, 0.3) is 0 Å². The van der Waals surface area contributed by atoms with Crippen LogP contribution in [0.15, 0.2) is 84.9 Å². The number of benzene rings is 3. The zero-order chi connectivity index (χ0) is 27.6. The minimum absolute atomic E-state index is 0.137. The van der Waals surface area contributed by atoms with Crippen LogP contribution in [-0.2, 0) is 49.9 Å². The molecule has 39 heavy (non-hydrogen) atoms. The molecule has 0 saturated heterocycles. The Morgan fingerprint density at radius 3 is 2.15 bits per heavy atom. The van der Waals surface area contributed by atoms with E-state index in [0.717, 1.165) is 22.3 Å². The van der Waals surface area contributed by atoms with Gasteiger partial charge < -0.3 is 14.4 Å². The Kier molecular flexibility index (Phi) is 9.86. The Morgan fingerprint density at radius 1 is 0.872 bits per heavy atom. The maximum absolute atomic E-state index is 13.8. The summed E-state index contributed by atoms with van der Waals surface area (Å²) in [5, 5.41) is 3.19. The van der Waals surface area contributed by atoms with Crippen molar-refractivity contribution in [3.05, 3.63) is 107 Å². The van der Waals surface area contributed by atoms with Crippen molar-refractivity contribution in [3.63, 3.8) is 0 Å². The minimum Gasteiger partial charge on any atom is -0.465 e. The highest BCUT2D eigenvalue weighted by Gasteiger charge is 2.38. The van der Waals surface area contributed by atoms with Gasteiger partial charge in [0.15, 0.2) is 0 Å². The summed E-state index contributed by atoms with van der Waals surface area (Å²) in [4.78, 5) is 41.4. The molecular weight excluding hydrogens is 492 g/mol. The molecule has 0 saturated carbocycles. The van der Waals surface area contributed by atoms with Crippen molar-refractivity contribution in [3.8, 4) is 0 Å². The number of aryl methyl sites for hydroxylation is 1. The molecule has 204 valence electrons. The van der Waals surface area contributed by atoms with Crippen molar-refractivity contribution in [2.24, 2.45) is 0 Å². The maximum Gasteiger partial charge on any atom is 0.329 e. The first-order valence-corrected chi connectivity index (χ1v) is 13.5. The molecule has 7 heteroatoms. The van der Waals surface area contributed by atoms with E-state index in [-0.39, 0.29) is 19.1 Å². The van der Waals surface area contributed by atoms with Crippen LogP contribution >= 0.6 is 0 Å². The van der Waals surface area contributed by atoms with Gasteiger partial charge in [0.05, 0.1) is 12.6 Å². The second-order valence-electron chi connectivity index (χ2n) is 9.77. The zero-order valence-corrected chi connectivity index (χ0v) is 22.5. The molecule has 7 nitrogen and oxygen atoms in total. The number of nitrogens with zero attached hydrogens (tertiary/aromatic N) is 1. The van der Waals surface area contributed by atoms with Crippen LogP contribution in [-0.4, -0.2) is 47.5 Å². The largest absolute Gasteiger partial charge is 0.465 e. The van der Waals surface area contributed by atoms with E-state index in [2.05, 4.69) is 5.32 Å². The molecule has 0 aromatic heterocycles. The summed E-state index contributed by atoms with van der Waals surface area (Å²) in [6, 6.07) is 25.0. The topological polar surface area (TPSA) is 84.9 Å². The highest BCUT2D eigenvalue weighted by atomic mass is 16.5. The van der Waals surface area contributed by atoms with E-state index in [0.29, 0.717) is 25.8 Å². The van der Waals surface area contributed by atoms with E-state index in [9.17, 15) is 14.4 Å². The number of carbonyl (C=O) groups excluding carboxylic acids is 3. The molecule has 1 N–H and O–H groups in total. The monoisotopic (exact) mass is 528 g/mol. The Bertz CT molecular complexity index is 1250. The van der Waals surface area contributed by atoms with Crippen LogP contribution in [0.2, 0.25) is 0 Å².